The second kappa shape index (κ2) is 7.29. The van der Waals surface area contributed by atoms with Gasteiger partial charge >= 0.3 is 0 Å². The number of amides is 1. The molecule has 1 aliphatic rings. The van der Waals surface area contributed by atoms with Crippen LogP contribution in [0.25, 0.3) is 0 Å². The maximum Gasteiger partial charge on any atom is 0.222 e. The Hall–Kier alpha value is -1.55. The van der Waals surface area contributed by atoms with Crippen molar-refractivity contribution in [2.45, 2.75) is 25.8 Å². The predicted molar refractivity (Wildman–Crippen MR) is 79.7 cm³/mol. The maximum absolute atomic E-state index is 12.2. The molecule has 110 valence electrons. The fourth-order valence-electron chi connectivity index (χ4n) is 2.59. The van der Waals surface area contributed by atoms with E-state index in [1.54, 1.807) is 7.11 Å². The van der Waals surface area contributed by atoms with Gasteiger partial charge in [0.25, 0.3) is 0 Å². The number of rotatable bonds is 5. The van der Waals surface area contributed by atoms with E-state index in [0.29, 0.717) is 18.9 Å². The summed E-state index contributed by atoms with van der Waals surface area (Å²) in [7, 11) is 3.53. The molecule has 4 nitrogen and oxygen atoms in total. The van der Waals surface area contributed by atoms with Crippen molar-refractivity contribution in [1.29, 1.82) is 0 Å². The van der Waals surface area contributed by atoms with Crippen molar-refractivity contribution in [3.05, 3.63) is 29.8 Å². The molecule has 1 aromatic rings. The number of carbonyl (C=O) groups is 1. The highest BCUT2D eigenvalue weighted by Gasteiger charge is 2.19. The van der Waals surface area contributed by atoms with Gasteiger partial charge < -0.3 is 15.0 Å². The number of piperidine rings is 1. The van der Waals surface area contributed by atoms with Gasteiger partial charge in [-0.2, -0.15) is 0 Å². The Bertz CT molecular complexity index is 425. The van der Waals surface area contributed by atoms with E-state index in [9.17, 15) is 4.79 Å². The van der Waals surface area contributed by atoms with Crippen molar-refractivity contribution in [3.8, 4) is 5.75 Å². The minimum absolute atomic E-state index is 0.231. The molecule has 20 heavy (non-hydrogen) atoms. The molecule has 0 saturated carbocycles. The van der Waals surface area contributed by atoms with Gasteiger partial charge in [-0.3, -0.25) is 4.79 Å². The number of hydrogen-bond donors (Lipinski definition) is 1. The van der Waals surface area contributed by atoms with E-state index in [2.05, 4.69) is 5.32 Å². The monoisotopic (exact) mass is 276 g/mol. The molecule has 1 N–H and O–H groups in total. The van der Waals surface area contributed by atoms with Crippen LogP contribution in [0.4, 0.5) is 0 Å². The normalized spacial score (nSPS) is 18.6. The summed E-state index contributed by atoms with van der Waals surface area (Å²) in [6, 6.07) is 7.87. The summed E-state index contributed by atoms with van der Waals surface area (Å²) in [6.07, 6.45) is 2.99. The van der Waals surface area contributed by atoms with Gasteiger partial charge in [0.2, 0.25) is 5.91 Å². The van der Waals surface area contributed by atoms with E-state index in [-0.39, 0.29) is 5.91 Å². The van der Waals surface area contributed by atoms with Crippen LogP contribution in [0.5, 0.6) is 5.75 Å². The topological polar surface area (TPSA) is 41.6 Å². The van der Waals surface area contributed by atoms with Crippen LogP contribution in [-0.2, 0) is 11.3 Å². The Morgan fingerprint density at radius 3 is 2.75 bits per heavy atom. The van der Waals surface area contributed by atoms with E-state index >= 15 is 0 Å². The van der Waals surface area contributed by atoms with Gasteiger partial charge in [0.05, 0.1) is 7.11 Å². The van der Waals surface area contributed by atoms with Gasteiger partial charge in [0, 0.05) is 20.0 Å². The van der Waals surface area contributed by atoms with Crippen molar-refractivity contribution in [2.75, 3.05) is 27.2 Å². The lowest BCUT2D eigenvalue weighted by atomic mass is 9.95. The van der Waals surface area contributed by atoms with Crippen LogP contribution >= 0.6 is 0 Å². The molecule has 1 atom stereocenters. The van der Waals surface area contributed by atoms with Crippen LogP contribution < -0.4 is 10.1 Å². The summed E-state index contributed by atoms with van der Waals surface area (Å²) in [5.41, 5.74) is 1.13. The molecule has 0 bridgehead atoms. The zero-order valence-corrected chi connectivity index (χ0v) is 12.4. The standard InChI is InChI=1S/C16H24N2O2/c1-18(12-13-5-7-15(20-2)8-6-13)16(19)10-14-4-3-9-17-11-14/h5-8,14,17H,3-4,9-12H2,1-2H3. The van der Waals surface area contributed by atoms with Crippen LogP contribution in [0.1, 0.15) is 24.8 Å². The summed E-state index contributed by atoms with van der Waals surface area (Å²) in [5.74, 6) is 1.57. The molecule has 0 aromatic heterocycles. The third-order valence-electron chi connectivity index (χ3n) is 3.87. The molecule has 1 unspecified atom stereocenters. The van der Waals surface area contributed by atoms with Crippen molar-refractivity contribution in [2.24, 2.45) is 5.92 Å². The van der Waals surface area contributed by atoms with Crippen LogP contribution in [0, 0.1) is 5.92 Å². The minimum Gasteiger partial charge on any atom is -0.497 e. The van der Waals surface area contributed by atoms with E-state index < -0.39 is 0 Å². The number of carbonyl (C=O) groups excluding carboxylic acids is 1. The van der Waals surface area contributed by atoms with Crippen LogP contribution in [0.15, 0.2) is 24.3 Å². The number of hydrogen-bond acceptors (Lipinski definition) is 3. The first-order chi connectivity index (χ1) is 9.69. The molecule has 1 aromatic carbocycles. The molecule has 0 aliphatic carbocycles. The van der Waals surface area contributed by atoms with Crippen LogP contribution in [0.2, 0.25) is 0 Å². The molecule has 2 rings (SSSR count). The average Bonchev–Trinajstić information content (AvgIpc) is 2.49. The maximum atomic E-state index is 12.2. The molecule has 0 spiro atoms. The lowest BCUT2D eigenvalue weighted by Crippen LogP contribution is -2.34. The Morgan fingerprint density at radius 2 is 2.15 bits per heavy atom. The first-order valence-corrected chi connectivity index (χ1v) is 7.26. The highest BCUT2D eigenvalue weighted by Crippen LogP contribution is 2.17. The van der Waals surface area contributed by atoms with Gasteiger partial charge in [0.1, 0.15) is 5.75 Å². The molecule has 1 fully saturated rings. The summed E-state index contributed by atoms with van der Waals surface area (Å²) in [5, 5.41) is 3.36. The molecule has 1 amide bonds. The second-order valence-corrected chi connectivity index (χ2v) is 5.51. The van der Waals surface area contributed by atoms with E-state index in [1.807, 2.05) is 36.2 Å². The number of nitrogens with zero attached hydrogens (tertiary/aromatic N) is 1. The Labute approximate surface area is 121 Å². The van der Waals surface area contributed by atoms with Gasteiger partial charge in [-0.1, -0.05) is 12.1 Å². The highest BCUT2D eigenvalue weighted by atomic mass is 16.5. The average molecular weight is 276 g/mol. The lowest BCUT2D eigenvalue weighted by molar-refractivity contribution is -0.131. The number of nitrogens with one attached hydrogen (secondary N) is 1. The van der Waals surface area contributed by atoms with Gasteiger partial charge in [-0.25, -0.2) is 0 Å². The van der Waals surface area contributed by atoms with Gasteiger partial charge in [-0.05, 0) is 49.5 Å². The first-order valence-electron chi connectivity index (χ1n) is 7.26. The van der Waals surface area contributed by atoms with Crippen molar-refractivity contribution in [3.63, 3.8) is 0 Å². The highest BCUT2D eigenvalue weighted by molar-refractivity contribution is 5.76. The van der Waals surface area contributed by atoms with E-state index in [4.69, 9.17) is 4.74 Å². The second-order valence-electron chi connectivity index (χ2n) is 5.51. The first kappa shape index (κ1) is 14.9. The fraction of sp³-hybridized carbons (Fsp3) is 0.562. The summed E-state index contributed by atoms with van der Waals surface area (Å²) in [4.78, 5) is 14.0. The Kier molecular flexibility index (Phi) is 5.41. The van der Waals surface area contributed by atoms with E-state index in [0.717, 1.165) is 30.8 Å². The minimum atomic E-state index is 0.231. The van der Waals surface area contributed by atoms with Gasteiger partial charge in [-0.15, -0.1) is 0 Å². The quantitative estimate of drug-likeness (QED) is 0.895. The molecular weight excluding hydrogens is 252 g/mol. The lowest BCUT2D eigenvalue weighted by Gasteiger charge is -2.25. The van der Waals surface area contributed by atoms with Crippen molar-refractivity contribution >= 4 is 5.91 Å². The van der Waals surface area contributed by atoms with Crippen LogP contribution in [-0.4, -0.2) is 38.1 Å². The summed E-state index contributed by atoms with van der Waals surface area (Å²) in [6.45, 7) is 2.72. The zero-order valence-electron chi connectivity index (χ0n) is 12.4. The molecule has 0 radical (unpaired) electrons. The Balaban J connectivity index is 1.83. The molecule has 1 saturated heterocycles. The largest absolute Gasteiger partial charge is 0.497 e. The molecule has 1 heterocycles. The summed E-state index contributed by atoms with van der Waals surface area (Å²) >= 11 is 0. The molecular formula is C16H24N2O2. The fourth-order valence-corrected chi connectivity index (χ4v) is 2.59. The Morgan fingerprint density at radius 1 is 1.40 bits per heavy atom. The smallest absolute Gasteiger partial charge is 0.222 e. The zero-order chi connectivity index (χ0) is 14.4. The third-order valence-corrected chi connectivity index (χ3v) is 3.87. The van der Waals surface area contributed by atoms with E-state index in [1.165, 1.54) is 6.42 Å². The third kappa shape index (κ3) is 4.23. The van der Waals surface area contributed by atoms with Crippen molar-refractivity contribution in [1.82, 2.24) is 10.2 Å². The molecule has 1 aliphatic heterocycles. The number of benzene rings is 1. The van der Waals surface area contributed by atoms with Crippen LogP contribution in [0.3, 0.4) is 0 Å². The SMILES string of the molecule is COc1ccc(CN(C)C(=O)CC2CCCNC2)cc1. The van der Waals surface area contributed by atoms with Crippen molar-refractivity contribution < 1.29 is 9.53 Å². The van der Waals surface area contributed by atoms with Gasteiger partial charge in [0.15, 0.2) is 0 Å². The predicted octanol–water partition coefficient (Wildman–Crippen LogP) is 2.04. The summed E-state index contributed by atoms with van der Waals surface area (Å²) < 4.78 is 5.13. The molecule has 4 heteroatoms. The number of methoxy groups -OCH3 is 1. The number of ether oxygens (including phenoxy) is 1.